The van der Waals surface area contributed by atoms with Crippen molar-refractivity contribution in [3.8, 4) is 0 Å². The topological polar surface area (TPSA) is 84.9 Å². The number of thiophene rings is 1. The number of nitrogens with zero attached hydrogens (tertiary/aromatic N) is 1. The van der Waals surface area contributed by atoms with E-state index < -0.39 is 18.0 Å². The number of hydrogen-bond acceptors (Lipinski definition) is 6. The Kier molecular flexibility index (Phi) is 6.56. The van der Waals surface area contributed by atoms with Crippen LogP contribution in [0, 0.1) is 0 Å². The van der Waals surface area contributed by atoms with E-state index in [1.165, 1.54) is 23.3 Å². The van der Waals surface area contributed by atoms with E-state index in [-0.39, 0.29) is 23.3 Å². The molecule has 1 N–H and O–H groups in total. The number of urea groups is 1. The molecule has 3 rings (SSSR count). The maximum absolute atomic E-state index is 13.0. The van der Waals surface area contributed by atoms with Crippen LogP contribution in [-0.2, 0) is 20.8 Å². The number of rotatable bonds is 6. The van der Waals surface area contributed by atoms with Crippen molar-refractivity contribution in [2.24, 2.45) is 0 Å². The van der Waals surface area contributed by atoms with Crippen molar-refractivity contribution in [2.75, 3.05) is 7.11 Å². The van der Waals surface area contributed by atoms with Crippen LogP contribution in [0.1, 0.15) is 47.6 Å². The zero-order valence-electron chi connectivity index (χ0n) is 17.3. The molecule has 0 fully saturated rings. The molecule has 7 nitrogen and oxygen atoms in total. The lowest BCUT2D eigenvalue weighted by Gasteiger charge is -2.36. The second kappa shape index (κ2) is 9.13. The highest BCUT2D eigenvalue weighted by atomic mass is 32.1. The average Bonchev–Trinajstić information content (AvgIpc) is 3.22. The first-order valence-electron chi connectivity index (χ1n) is 9.52. The summed E-state index contributed by atoms with van der Waals surface area (Å²) in [5, 5.41) is 4.80. The molecule has 1 aromatic carbocycles. The number of esters is 2. The highest BCUT2D eigenvalue weighted by Gasteiger charge is 2.38. The Labute approximate surface area is 179 Å². The fourth-order valence-corrected chi connectivity index (χ4v) is 4.04. The van der Waals surface area contributed by atoms with Crippen LogP contribution < -0.4 is 5.32 Å². The van der Waals surface area contributed by atoms with Crippen LogP contribution in [0.5, 0.6) is 0 Å². The second-order valence-electron chi connectivity index (χ2n) is 7.08. The summed E-state index contributed by atoms with van der Waals surface area (Å²) < 4.78 is 10.3. The van der Waals surface area contributed by atoms with Crippen LogP contribution in [0.15, 0.2) is 53.0 Å². The van der Waals surface area contributed by atoms with Crippen LogP contribution in [0.25, 0.3) is 0 Å². The van der Waals surface area contributed by atoms with Gasteiger partial charge < -0.3 is 14.8 Å². The first-order valence-corrected chi connectivity index (χ1v) is 10.4. The summed E-state index contributed by atoms with van der Waals surface area (Å²) in [5.74, 6) is -1.08. The standard InChI is InChI=1S/C22H24N2O5S/c1-13(2)29-21(26)18-14(3)24(12-15-8-7-11-30-15)22(27)23-19(18)16-9-5-6-10-17(16)20(25)28-4/h5-11,13,19H,12H2,1-4H3,(H,23,27)/t19-/m0/s1. The third-order valence-electron chi connectivity index (χ3n) is 4.73. The number of nitrogens with one attached hydrogen (secondary N) is 1. The molecule has 1 aliphatic heterocycles. The molecule has 1 atom stereocenters. The third-order valence-corrected chi connectivity index (χ3v) is 5.59. The Bertz CT molecular complexity index is 981. The predicted molar refractivity (Wildman–Crippen MR) is 113 cm³/mol. The number of ether oxygens (including phenoxy) is 2. The smallest absolute Gasteiger partial charge is 0.338 e. The van der Waals surface area contributed by atoms with Gasteiger partial charge in [0.25, 0.3) is 0 Å². The van der Waals surface area contributed by atoms with Gasteiger partial charge in [-0.2, -0.15) is 0 Å². The minimum Gasteiger partial charge on any atom is -0.465 e. The number of amides is 2. The number of benzene rings is 1. The van der Waals surface area contributed by atoms with Gasteiger partial charge in [-0.3, -0.25) is 4.90 Å². The molecule has 30 heavy (non-hydrogen) atoms. The summed E-state index contributed by atoms with van der Waals surface area (Å²) in [5.41, 5.74) is 1.53. The van der Waals surface area contributed by atoms with Crippen LogP contribution in [0.4, 0.5) is 4.79 Å². The van der Waals surface area contributed by atoms with Gasteiger partial charge in [0, 0.05) is 10.6 Å². The number of hydrogen-bond donors (Lipinski definition) is 1. The Hall–Kier alpha value is -3.13. The largest absolute Gasteiger partial charge is 0.465 e. The first-order chi connectivity index (χ1) is 14.3. The molecule has 1 aliphatic rings. The zero-order valence-corrected chi connectivity index (χ0v) is 18.1. The average molecular weight is 429 g/mol. The van der Waals surface area contributed by atoms with E-state index in [1.807, 2.05) is 17.5 Å². The summed E-state index contributed by atoms with van der Waals surface area (Å²) >= 11 is 1.53. The fraction of sp³-hybridized carbons (Fsp3) is 0.318. The Morgan fingerprint density at radius 1 is 1.17 bits per heavy atom. The molecule has 0 saturated carbocycles. The molecule has 0 saturated heterocycles. The number of allylic oxidation sites excluding steroid dienone is 1. The van der Waals surface area contributed by atoms with E-state index in [1.54, 1.807) is 45.0 Å². The third kappa shape index (κ3) is 4.38. The highest BCUT2D eigenvalue weighted by molar-refractivity contribution is 7.09. The molecule has 8 heteroatoms. The zero-order chi connectivity index (χ0) is 21.8. The molecule has 0 spiro atoms. The summed E-state index contributed by atoms with van der Waals surface area (Å²) in [6.45, 7) is 5.57. The van der Waals surface area contributed by atoms with Gasteiger partial charge in [0.15, 0.2) is 0 Å². The van der Waals surface area contributed by atoms with Crippen molar-refractivity contribution in [2.45, 2.75) is 39.5 Å². The molecule has 0 unspecified atom stereocenters. The van der Waals surface area contributed by atoms with Gasteiger partial charge in [0.05, 0.1) is 36.9 Å². The van der Waals surface area contributed by atoms with Crippen molar-refractivity contribution in [1.82, 2.24) is 10.2 Å². The van der Waals surface area contributed by atoms with Gasteiger partial charge >= 0.3 is 18.0 Å². The lowest BCUT2D eigenvalue weighted by Crippen LogP contribution is -2.48. The number of carbonyl (C=O) groups excluding carboxylic acids is 3. The van der Waals surface area contributed by atoms with Gasteiger partial charge in [-0.1, -0.05) is 24.3 Å². The van der Waals surface area contributed by atoms with Crippen molar-refractivity contribution in [3.05, 3.63) is 69.1 Å². The normalized spacial score (nSPS) is 16.5. The maximum atomic E-state index is 13.0. The van der Waals surface area contributed by atoms with Crippen molar-refractivity contribution >= 4 is 29.3 Å². The van der Waals surface area contributed by atoms with Crippen LogP contribution in [0.3, 0.4) is 0 Å². The second-order valence-corrected chi connectivity index (χ2v) is 8.11. The van der Waals surface area contributed by atoms with E-state index in [0.29, 0.717) is 17.8 Å². The van der Waals surface area contributed by atoms with Gasteiger partial charge in [-0.05, 0) is 43.8 Å². The maximum Gasteiger partial charge on any atom is 0.338 e. The van der Waals surface area contributed by atoms with Crippen molar-refractivity contribution in [1.29, 1.82) is 0 Å². The number of methoxy groups -OCH3 is 1. The molecular formula is C22H24N2O5S. The molecule has 0 bridgehead atoms. The SMILES string of the molecule is COC(=O)c1ccccc1[C@@H]1NC(=O)N(Cc2cccs2)C(C)=C1C(=O)OC(C)C. The molecule has 0 radical (unpaired) electrons. The fourth-order valence-electron chi connectivity index (χ4n) is 3.35. The van der Waals surface area contributed by atoms with E-state index in [9.17, 15) is 14.4 Å². The molecule has 2 heterocycles. The van der Waals surface area contributed by atoms with Crippen LogP contribution in [-0.4, -0.2) is 36.1 Å². The molecule has 2 amide bonds. The minimum atomic E-state index is -0.835. The molecule has 158 valence electrons. The molecular weight excluding hydrogens is 404 g/mol. The number of carbonyl (C=O) groups is 3. The summed E-state index contributed by atoms with van der Waals surface area (Å²) in [6, 6.07) is 9.39. The van der Waals surface area contributed by atoms with Gasteiger partial charge in [-0.25, -0.2) is 14.4 Å². The monoisotopic (exact) mass is 428 g/mol. The lowest BCUT2D eigenvalue weighted by molar-refractivity contribution is -0.143. The van der Waals surface area contributed by atoms with Crippen molar-refractivity contribution in [3.63, 3.8) is 0 Å². The van der Waals surface area contributed by atoms with Gasteiger partial charge in [0.2, 0.25) is 0 Å². The Morgan fingerprint density at radius 2 is 1.90 bits per heavy atom. The van der Waals surface area contributed by atoms with Crippen molar-refractivity contribution < 1.29 is 23.9 Å². The molecule has 0 aliphatic carbocycles. The van der Waals surface area contributed by atoms with Crippen LogP contribution >= 0.6 is 11.3 Å². The van der Waals surface area contributed by atoms with Gasteiger partial charge in [0.1, 0.15) is 0 Å². The quantitative estimate of drug-likeness (QED) is 0.703. The van der Waals surface area contributed by atoms with E-state index in [4.69, 9.17) is 9.47 Å². The summed E-state index contributed by atoms with van der Waals surface area (Å²) in [6.07, 6.45) is -0.335. The highest BCUT2D eigenvalue weighted by Crippen LogP contribution is 2.34. The minimum absolute atomic E-state index is 0.277. The predicted octanol–water partition coefficient (Wildman–Crippen LogP) is 4.03. The lowest BCUT2D eigenvalue weighted by atomic mass is 9.91. The van der Waals surface area contributed by atoms with E-state index in [0.717, 1.165) is 4.88 Å². The Balaban J connectivity index is 2.11. The van der Waals surface area contributed by atoms with E-state index >= 15 is 0 Å². The summed E-state index contributed by atoms with van der Waals surface area (Å²) in [4.78, 5) is 40.8. The Morgan fingerprint density at radius 3 is 2.53 bits per heavy atom. The van der Waals surface area contributed by atoms with Crippen LogP contribution in [0.2, 0.25) is 0 Å². The van der Waals surface area contributed by atoms with E-state index in [2.05, 4.69) is 5.32 Å². The molecule has 1 aromatic heterocycles. The first kappa shape index (κ1) is 21.6. The molecule has 2 aromatic rings. The van der Waals surface area contributed by atoms with Gasteiger partial charge in [-0.15, -0.1) is 11.3 Å². The summed E-state index contributed by atoms with van der Waals surface area (Å²) in [7, 11) is 1.29.